The van der Waals surface area contributed by atoms with Crippen LogP contribution in [0.25, 0.3) is 0 Å². The summed E-state index contributed by atoms with van der Waals surface area (Å²) < 4.78 is 0. The predicted octanol–water partition coefficient (Wildman–Crippen LogP) is 2.14. The van der Waals surface area contributed by atoms with Gasteiger partial charge < -0.3 is 10.4 Å². The second-order valence-electron chi connectivity index (χ2n) is 4.90. The first kappa shape index (κ1) is 17.6. The zero-order valence-corrected chi connectivity index (χ0v) is 11.9. The van der Waals surface area contributed by atoms with Crippen LogP contribution in [0.5, 0.6) is 0 Å². The number of hydrogen-bond donors (Lipinski definition) is 2. The summed E-state index contributed by atoms with van der Waals surface area (Å²) in [5.74, 6) is -1.10. The molecular weight excluding hydrogens is 246 g/mol. The first-order chi connectivity index (χ1) is 8.97. The standard InChI is InChI=1S/C14H25NO4/c1-11(14(18)19)9-10-12(16)7-5-3-4-6-8-13(17)15-2/h11H,3-10H2,1-2H3,(H,15,17)(H,18,19). The smallest absolute Gasteiger partial charge is 0.306 e. The van der Waals surface area contributed by atoms with Crippen molar-refractivity contribution in [2.45, 2.75) is 58.3 Å². The van der Waals surface area contributed by atoms with Crippen LogP contribution in [0.2, 0.25) is 0 Å². The Hall–Kier alpha value is -1.39. The fourth-order valence-corrected chi connectivity index (χ4v) is 1.71. The zero-order valence-electron chi connectivity index (χ0n) is 11.9. The van der Waals surface area contributed by atoms with E-state index in [1.807, 2.05) is 0 Å². The molecule has 0 fully saturated rings. The Morgan fingerprint density at radius 3 is 2.11 bits per heavy atom. The molecule has 5 nitrogen and oxygen atoms in total. The van der Waals surface area contributed by atoms with Crippen LogP contribution in [-0.2, 0) is 14.4 Å². The maximum absolute atomic E-state index is 11.5. The van der Waals surface area contributed by atoms with E-state index >= 15 is 0 Å². The number of Topliss-reactive ketones (excluding diaryl/α,β-unsaturated/α-hetero) is 1. The van der Waals surface area contributed by atoms with Crippen molar-refractivity contribution in [3.05, 3.63) is 0 Å². The van der Waals surface area contributed by atoms with Gasteiger partial charge in [-0.2, -0.15) is 0 Å². The number of ketones is 1. The van der Waals surface area contributed by atoms with E-state index in [1.54, 1.807) is 14.0 Å². The van der Waals surface area contributed by atoms with Crippen molar-refractivity contribution in [3.8, 4) is 0 Å². The molecule has 0 saturated heterocycles. The molecule has 1 unspecified atom stereocenters. The van der Waals surface area contributed by atoms with Crippen LogP contribution >= 0.6 is 0 Å². The van der Waals surface area contributed by atoms with Gasteiger partial charge in [-0.3, -0.25) is 14.4 Å². The van der Waals surface area contributed by atoms with Crippen LogP contribution in [0, 0.1) is 5.92 Å². The second kappa shape index (κ2) is 10.5. The van der Waals surface area contributed by atoms with E-state index in [0.29, 0.717) is 25.7 Å². The molecule has 0 aromatic heterocycles. The van der Waals surface area contributed by atoms with Crippen molar-refractivity contribution in [3.63, 3.8) is 0 Å². The summed E-state index contributed by atoms with van der Waals surface area (Å²) in [5, 5.41) is 11.3. The highest BCUT2D eigenvalue weighted by Crippen LogP contribution is 2.11. The lowest BCUT2D eigenvalue weighted by atomic mass is 10.0. The van der Waals surface area contributed by atoms with Gasteiger partial charge in [0.15, 0.2) is 0 Å². The van der Waals surface area contributed by atoms with E-state index in [1.165, 1.54) is 0 Å². The molecule has 0 radical (unpaired) electrons. The highest BCUT2D eigenvalue weighted by molar-refractivity contribution is 5.79. The zero-order chi connectivity index (χ0) is 14.7. The molecular formula is C14H25NO4. The minimum absolute atomic E-state index is 0.0544. The summed E-state index contributed by atoms with van der Waals surface area (Å²) in [6.07, 6.45) is 5.41. The first-order valence-electron chi connectivity index (χ1n) is 6.92. The normalized spacial score (nSPS) is 11.9. The number of carbonyl (C=O) groups is 3. The third-order valence-electron chi connectivity index (χ3n) is 3.17. The van der Waals surface area contributed by atoms with E-state index in [9.17, 15) is 14.4 Å². The van der Waals surface area contributed by atoms with E-state index < -0.39 is 11.9 Å². The summed E-state index contributed by atoms with van der Waals surface area (Å²) >= 11 is 0. The summed E-state index contributed by atoms with van der Waals surface area (Å²) in [6, 6.07) is 0. The number of nitrogens with one attached hydrogen (secondary N) is 1. The van der Waals surface area contributed by atoms with Crippen LogP contribution in [0.1, 0.15) is 58.3 Å². The Labute approximate surface area is 114 Å². The van der Waals surface area contributed by atoms with Crippen molar-refractivity contribution >= 4 is 17.7 Å². The topological polar surface area (TPSA) is 83.5 Å². The molecule has 19 heavy (non-hydrogen) atoms. The lowest BCUT2D eigenvalue weighted by molar-refractivity contribution is -0.141. The molecule has 0 aliphatic heterocycles. The summed E-state index contributed by atoms with van der Waals surface area (Å²) in [7, 11) is 1.62. The molecule has 0 bridgehead atoms. The van der Waals surface area contributed by atoms with Gasteiger partial charge in [-0.1, -0.05) is 19.8 Å². The molecule has 1 amide bonds. The number of aliphatic carboxylic acids is 1. The van der Waals surface area contributed by atoms with Gasteiger partial charge in [0.25, 0.3) is 0 Å². The lowest BCUT2D eigenvalue weighted by Gasteiger charge is -2.05. The number of hydrogen-bond acceptors (Lipinski definition) is 3. The molecule has 0 spiro atoms. The molecule has 2 N–H and O–H groups in total. The first-order valence-corrected chi connectivity index (χ1v) is 6.92. The summed E-state index contributed by atoms with van der Waals surface area (Å²) in [4.78, 5) is 33.0. The Morgan fingerprint density at radius 1 is 1.00 bits per heavy atom. The Bertz CT molecular complexity index is 302. The molecule has 0 rings (SSSR count). The number of amides is 1. The average molecular weight is 271 g/mol. The largest absolute Gasteiger partial charge is 0.481 e. The third kappa shape index (κ3) is 10.2. The predicted molar refractivity (Wildman–Crippen MR) is 72.8 cm³/mol. The maximum atomic E-state index is 11.5. The number of rotatable bonds is 11. The second-order valence-corrected chi connectivity index (χ2v) is 4.90. The van der Waals surface area contributed by atoms with Gasteiger partial charge in [0.2, 0.25) is 5.91 Å². The number of unbranched alkanes of at least 4 members (excludes halogenated alkanes) is 3. The van der Waals surface area contributed by atoms with Gasteiger partial charge in [0.05, 0.1) is 5.92 Å². The molecule has 0 aliphatic rings. The van der Waals surface area contributed by atoms with Crippen molar-refractivity contribution < 1.29 is 19.5 Å². The van der Waals surface area contributed by atoms with Gasteiger partial charge in [-0.25, -0.2) is 0 Å². The van der Waals surface area contributed by atoms with Crippen molar-refractivity contribution in [1.82, 2.24) is 5.32 Å². The molecule has 0 aliphatic carbocycles. The van der Waals surface area contributed by atoms with Gasteiger partial charge in [0.1, 0.15) is 5.78 Å². The van der Waals surface area contributed by atoms with Crippen LogP contribution in [0.4, 0.5) is 0 Å². The number of carboxylic acids is 1. The highest BCUT2D eigenvalue weighted by atomic mass is 16.4. The summed E-state index contributed by atoms with van der Waals surface area (Å²) in [6.45, 7) is 1.62. The molecule has 0 aromatic carbocycles. The van der Waals surface area contributed by atoms with E-state index in [2.05, 4.69) is 5.32 Å². The monoisotopic (exact) mass is 271 g/mol. The van der Waals surface area contributed by atoms with Crippen LogP contribution in [-0.4, -0.2) is 29.8 Å². The molecule has 1 atom stereocenters. The van der Waals surface area contributed by atoms with Crippen LogP contribution < -0.4 is 5.32 Å². The van der Waals surface area contributed by atoms with E-state index in [-0.39, 0.29) is 11.7 Å². The summed E-state index contributed by atoms with van der Waals surface area (Å²) in [5.41, 5.74) is 0. The van der Waals surface area contributed by atoms with Crippen molar-refractivity contribution in [1.29, 1.82) is 0 Å². The van der Waals surface area contributed by atoms with Crippen LogP contribution in [0.3, 0.4) is 0 Å². The molecule has 110 valence electrons. The fourth-order valence-electron chi connectivity index (χ4n) is 1.71. The maximum Gasteiger partial charge on any atom is 0.306 e. The highest BCUT2D eigenvalue weighted by Gasteiger charge is 2.12. The third-order valence-corrected chi connectivity index (χ3v) is 3.17. The quantitative estimate of drug-likeness (QED) is 0.564. The Morgan fingerprint density at radius 2 is 1.58 bits per heavy atom. The van der Waals surface area contributed by atoms with Gasteiger partial charge in [0, 0.05) is 26.3 Å². The number of carbonyl (C=O) groups excluding carboxylic acids is 2. The van der Waals surface area contributed by atoms with E-state index in [0.717, 1.165) is 25.7 Å². The minimum atomic E-state index is -0.845. The lowest BCUT2D eigenvalue weighted by Crippen LogP contribution is -2.16. The SMILES string of the molecule is CNC(=O)CCCCCCC(=O)CCC(C)C(=O)O. The van der Waals surface area contributed by atoms with E-state index in [4.69, 9.17) is 5.11 Å². The molecule has 0 heterocycles. The molecule has 0 aromatic rings. The van der Waals surface area contributed by atoms with Crippen molar-refractivity contribution in [2.24, 2.45) is 5.92 Å². The van der Waals surface area contributed by atoms with Gasteiger partial charge >= 0.3 is 5.97 Å². The Kier molecular flexibility index (Phi) is 9.75. The molecule has 5 heteroatoms. The minimum Gasteiger partial charge on any atom is -0.481 e. The molecule has 0 saturated carbocycles. The van der Waals surface area contributed by atoms with Gasteiger partial charge in [-0.05, 0) is 19.3 Å². The van der Waals surface area contributed by atoms with Crippen molar-refractivity contribution in [2.75, 3.05) is 7.05 Å². The van der Waals surface area contributed by atoms with Crippen LogP contribution in [0.15, 0.2) is 0 Å². The average Bonchev–Trinajstić information content (AvgIpc) is 2.39. The fraction of sp³-hybridized carbons (Fsp3) is 0.786. The number of carboxylic acid groups (broad SMARTS) is 1. The Balaban J connectivity index is 3.44. The van der Waals surface area contributed by atoms with Gasteiger partial charge in [-0.15, -0.1) is 0 Å².